The molecular formula is C20H24N2O3. The van der Waals surface area contributed by atoms with Gasteiger partial charge in [-0.2, -0.15) is 0 Å². The van der Waals surface area contributed by atoms with Crippen molar-refractivity contribution in [2.45, 2.75) is 25.8 Å². The number of aliphatic hydroxyl groups excluding tert-OH is 1. The van der Waals surface area contributed by atoms with Crippen molar-refractivity contribution in [3.63, 3.8) is 0 Å². The number of carbonyl (C=O) groups is 1. The molecule has 0 spiro atoms. The Morgan fingerprint density at radius 2 is 2.20 bits per heavy atom. The largest absolute Gasteiger partial charge is 0.515 e. The number of ether oxygens (including phenoxy) is 1. The van der Waals surface area contributed by atoms with E-state index in [1.165, 1.54) is 29.3 Å². The number of carbonyl (C=O) groups excluding carboxylic acids is 1. The molecule has 0 unspecified atom stereocenters. The van der Waals surface area contributed by atoms with E-state index in [4.69, 9.17) is 4.74 Å². The average molecular weight is 340 g/mol. The number of rotatable bonds is 2. The molecule has 132 valence electrons. The molecule has 2 N–H and O–H groups in total. The number of hydrogen-bond donors (Lipinski definition) is 2. The molecule has 2 aliphatic heterocycles. The third kappa shape index (κ3) is 2.54. The second kappa shape index (κ2) is 6.23. The first-order chi connectivity index (χ1) is 12.1. The van der Waals surface area contributed by atoms with Crippen molar-refractivity contribution in [2.75, 3.05) is 20.2 Å². The van der Waals surface area contributed by atoms with Crippen molar-refractivity contribution >= 4 is 16.9 Å². The van der Waals surface area contributed by atoms with Crippen LogP contribution in [0.1, 0.15) is 30.6 Å². The topological polar surface area (TPSA) is 65.6 Å². The predicted octanol–water partition coefficient (Wildman–Crippen LogP) is 3.34. The van der Waals surface area contributed by atoms with Crippen LogP contribution in [0.15, 0.2) is 36.1 Å². The van der Waals surface area contributed by atoms with Crippen LogP contribution in [0.5, 0.6) is 0 Å². The highest BCUT2D eigenvalue weighted by atomic mass is 16.5. The lowest BCUT2D eigenvalue weighted by molar-refractivity contribution is -0.137. The van der Waals surface area contributed by atoms with E-state index in [0.29, 0.717) is 11.5 Å². The summed E-state index contributed by atoms with van der Waals surface area (Å²) in [5.41, 5.74) is 4.23. The number of nitrogens with zero attached hydrogens (tertiary/aromatic N) is 1. The molecule has 3 atom stereocenters. The summed E-state index contributed by atoms with van der Waals surface area (Å²) in [6.07, 6.45) is 2.80. The third-order valence-electron chi connectivity index (χ3n) is 5.92. The Morgan fingerprint density at radius 3 is 2.96 bits per heavy atom. The van der Waals surface area contributed by atoms with Crippen LogP contribution in [-0.4, -0.2) is 41.2 Å². The Balaban J connectivity index is 1.72. The summed E-state index contributed by atoms with van der Waals surface area (Å²) >= 11 is 0. The van der Waals surface area contributed by atoms with E-state index in [0.717, 1.165) is 32.2 Å². The second-order valence-electron chi connectivity index (χ2n) is 7.22. The average Bonchev–Trinajstić information content (AvgIpc) is 3.01. The van der Waals surface area contributed by atoms with Gasteiger partial charge >= 0.3 is 5.97 Å². The number of nitrogens with one attached hydrogen (secondary N) is 1. The summed E-state index contributed by atoms with van der Waals surface area (Å²) in [4.78, 5) is 18.2. The highest BCUT2D eigenvalue weighted by Crippen LogP contribution is 2.44. The van der Waals surface area contributed by atoms with Crippen LogP contribution in [0, 0.1) is 11.8 Å². The summed E-state index contributed by atoms with van der Waals surface area (Å²) < 4.78 is 4.87. The smallest absolute Gasteiger partial charge is 0.337 e. The van der Waals surface area contributed by atoms with E-state index in [1.54, 1.807) is 0 Å². The zero-order valence-electron chi connectivity index (χ0n) is 14.7. The van der Waals surface area contributed by atoms with Crippen molar-refractivity contribution < 1.29 is 14.6 Å². The van der Waals surface area contributed by atoms with Crippen LogP contribution in [0.2, 0.25) is 0 Å². The number of para-hydroxylation sites is 1. The predicted molar refractivity (Wildman–Crippen MR) is 96.3 cm³/mol. The number of benzene rings is 1. The summed E-state index contributed by atoms with van der Waals surface area (Å²) in [7, 11) is 1.36. The molecule has 0 radical (unpaired) electrons. The van der Waals surface area contributed by atoms with Crippen LogP contribution in [0.25, 0.3) is 10.9 Å². The standard InChI is InChI=1S/C20H24N2O3/c1-12-10-22-8-7-14-13-5-3-4-6-17(13)21-19(14)18(22)9-15(12)16(11-23)20(24)25-2/h3-6,11-12,15,18,21,23H,7-10H2,1-2H3/b16-11-/t12-,15-,18-/m0/s1. The highest BCUT2D eigenvalue weighted by Gasteiger charge is 2.41. The monoisotopic (exact) mass is 340 g/mol. The molecule has 4 rings (SSSR count). The lowest BCUT2D eigenvalue weighted by Crippen LogP contribution is -2.46. The number of fused-ring (bicyclic) bond motifs is 5. The molecule has 5 nitrogen and oxygen atoms in total. The van der Waals surface area contributed by atoms with Gasteiger partial charge in [-0.1, -0.05) is 25.1 Å². The normalized spacial score (nSPS) is 27.0. The van der Waals surface area contributed by atoms with Gasteiger partial charge in [-0.25, -0.2) is 4.79 Å². The number of aromatic amines is 1. The molecule has 0 bridgehead atoms. The molecule has 0 amide bonds. The van der Waals surface area contributed by atoms with E-state index >= 15 is 0 Å². The minimum atomic E-state index is -0.430. The molecule has 2 aliphatic rings. The molecule has 1 aromatic carbocycles. The number of aliphatic hydroxyl groups is 1. The fourth-order valence-corrected chi connectivity index (χ4v) is 4.68. The summed E-state index contributed by atoms with van der Waals surface area (Å²) in [6.45, 7) is 4.10. The maximum atomic E-state index is 12.1. The van der Waals surface area contributed by atoms with E-state index in [9.17, 15) is 9.90 Å². The Morgan fingerprint density at radius 1 is 1.40 bits per heavy atom. The number of H-pyrrole nitrogens is 1. The third-order valence-corrected chi connectivity index (χ3v) is 5.92. The first kappa shape index (κ1) is 16.2. The van der Waals surface area contributed by atoms with Gasteiger partial charge in [-0.05, 0) is 36.3 Å². The lowest BCUT2D eigenvalue weighted by Gasteiger charge is -2.45. The zero-order valence-corrected chi connectivity index (χ0v) is 14.7. The van der Waals surface area contributed by atoms with Gasteiger partial charge < -0.3 is 14.8 Å². The number of methoxy groups -OCH3 is 1. The number of aromatic nitrogens is 1. The van der Waals surface area contributed by atoms with E-state index in [1.807, 2.05) is 0 Å². The van der Waals surface area contributed by atoms with Gasteiger partial charge in [0.1, 0.15) is 0 Å². The van der Waals surface area contributed by atoms with Gasteiger partial charge in [0.25, 0.3) is 0 Å². The lowest BCUT2D eigenvalue weighted by atomic mass is 9.76. The van der Waals surface area contributed by atoms with E-state index in [2.05, 4.69) is 41.1 Å². The van der Waals surface area contributed by atoms with Gasteiger partial charge in [0.05, 0.1) is 25.0 Å². The summed E-state index contributed by atoms with van der Waals surface area (Å²) in [6, 6.07) is 8.68. The van der Waals surface area contributed by atoms with Crippen molar-refractivity contribution in [1.29, 1.82) is 0 Å². The molecule has 25 heavy (non-hydrogen) atoms. The highest BCUT2D eigenvalue weighted by molar-refractivity contribution is 5.89. The Hall–Kier alpha value is -2.27. The van der Waals surface area contributed by atoms with Crippen LogP contribution in [0.3, 0.4) is 0 Å². The summed E-state index contributed by atoms with van der Waals surface area (Å²) in [5.74, 6) is -0.142. The Kier molecular flexibility index (Phi) is 4.04. The quantitative estimate of drug-likeness (QED) is 0.500. The minimum absolute atomic E-state index is 0.00365. The number of piperidine rings is 1. The van der Waals surface area contributed by atoms with E-state index < -0.39 is 5.97 Å². The first-order valence-electron chi connectivity index (χ1n) is 8.90. The van der Waals surface area contributed by atoms with Gasteiger partial charge in [0.15, 0.2) is 0 Å². The van der Waals surface area contributed by atoms with Gasteiger partial charge in [-0.3, -0.25) is 4.90 Å². The summed E-state index contributed by atoms with van der Waals surface area (Å²) in [5, 5.41) is 10.9. The Bertz CT molecular complexity index is 839. The zero-order chi connectivity index (χ0) is 17.6. The van der Waals surface area contributed by atoms with Crippen molar-refractivity contribution in [3.8, 4) is 0 Å². The van der Waals surface area contributed by atoms with Crippen molar-refractivity contribution in [3.05, 3.63) is 47.4 Å². The van der Waals surface area contributed by atoms with Crippen LogP contribution in [0.4, 0.5) is 0 Å². The van der Waals surface area contributed by atoms with Gasteiger partial charge in [0, 0.05) is 29.7 Å². The molecular weight excluding hydrogens is 316 g/mol. The van der Waals surface area contributed by atoms with Crippen LogP contribution >= 0.6 is 0 Å². The molecule has 1 saturated heterocycles. The second-order valence-corrected chi connectivity index (χ2v) is 7.22. The fraction of sp³-hybridized carbons (Fsp3) is 0.450. The van der Waals surface area contributed by atoms with Crippen LogP contribution in [-0.2, 0) is 16.0 Å². The molecule has 0 aliphatic carbocycles. The minimum Gasteiger partial charge on any atom is -0.515 e. The maximum Gasteiger partial charge on any atom is 0.337 e. The molecule has 0 saturated carbocycles. The van der Waals surface area contributed by atoms with Crippen molar-refractivity contribution in [2.24, 2.45) is 11.8 Å². The van der Waals surface area contributed by atoms with Crippen molar-refractivity contribution in [1.82, 2.24) is 9.88 Å². The van der Waals surface area contributed by atoms with E-state index in [-0.39, 0.29) is 12.0 Å². The SMILES string of the molecule is COC(=O)/C(=C\O)[C@H]1C[C@H]2c3[nH]c4ccccc4c3CCN2C[C@@H]1C. The number of hydrogen-bond acceptors (Lipinski definition) is 4. The first-order valence-corrected chi connectivity index (χ1v) is 8.90. The van der Waals surface area contributed by atoms with Crippen LogP contribution < -0.4 is 0 Å². The maximum absolute atomic E-state index is 12.1. The number of esters is 1. The van der Waals surface area contributed by atoms with Gasteiger partial charge in [-0.15, -0.1) is 0 Å². The molecule has 1 aromatic heterocycles. The molecule has 2 aromatic rings. The molecule has 5 heteroatoms. The molecule has 1 fully saturated rings. The molecule has 3 heterocycles. The van der Waals surface area contributed by atoms with Gasteiger partial charge in [0.2, 0.25) is 0 Å². The fourth-order valence-electron chi connectivity index (χ4n) is 4.68. The Labute approximate surface area is 147 Å².